The molecule has 0 radical (unpaired) electrons. The van der Waals surface area contributed by atoms with Gasteiger partial charge in [0.2, 0.25) is 5.91 Å². The summed E-state index contributed by atoms with van der Waals surface area (Å²) in [5, 5.41) is 0. The van der Waals surface area contributed by atoms with Crippen molar-refractivity contribution in [3.05, 3.63) is 54.1 Å². The van der Waals surface area contributed by atoms with Crippen LogP contribution in [0.25, 0.3) is 6.08 Å². The molecular weight excluding hydrogens is 342 g/mol. The molecule has 0 spiro atoms. The van der Waals surface area contributed by atoms with E-state index in [2.05, 4.69) is 9.97 Å². The van der Waals surface area contributed by atoms with Crippen LogP contribution >= 0.6 is 0 Å². The lowest BCUT2D eigenvalue weighted by Crippen LogP contribution is -2.31. The molecule has 1 aliphatic carbocycles. The summed E-state index contributed by atoms with van der Waals surface area (Å²) < 4.78 is 11.5. The van der Waals surface area contributed by atoms with E-state index in [9.17, 15) is 4.79 Å². The van der Waals surface area contributed by atoms with E-state index in [0.29, 0.717) is 19.2 Å². The summed E-state index contributed by atoms with van der Waals surface area (Å²) in [5.41, 5.74) is 1.90. The number of imidazole rings is 1. The molecule has 142 valence electrons. The summed E-state index contributed by atoms with van der Waals surface area (Å²) in [6, 6.07) is 8.34. The topological polar surface area (TPSA) is 67.5 Å². The fourth-order valence-electron chi connectivity index (χ4n) is 3.28. The van der Waals surface area contributed by atoms with E-state index in [0.717, 1.165) is 49.3 Å². The fourth-order valence-corrected chi connectivity index (χ4v) is 3.28. The van der Waals surface area contributed by atoms with Crippen molar-refractivity contribution in [2.45, 2.75) is 44.4 Å². The van der Waals surface area contributed by atoms with Gasteiger partial charge in [0.1, 0.15) is 12.4 Å². The van der Waals surface area contributed by atoms with Crippen molar-refractivity contribution in [1.82, 2.24) is 14.9 Å². The summed E-state index contributed by atoms with van der Waals surface area (Å²) in [6.45, 7) is 2.01. The van der Waals surface area contributed by atoms with Gasteiger partial charge in [0.25, 0.3) is 0 Å². The first-order valence-corrected chi connectivity index (χ1v) is 9.58. The zero-order chi connectivity index (χ0) is 18.5. The third-order valence-electron chi connectivity index (χ3n) is 4.91. The Morgan fingerprint density at radius 2 is 2.30 bits per heavy atom. The Balaban J connectivity index is 1.38. The molecular formula is C21H25N3O3. The van der Waals surface area contributed by atoms with Crippen molar-refractivity contribution in [1.29, 1.82) is 0 Å². The number of nitrogens with zero attached hydrogens (tertiary/aromatic N) is 2. The van der Waals surface area contributed by atoms with Gasteiger partial charge in [-0.15, -0.1) is 0 Å². The molecule has 6 nitrogen and oxygen atoms in total. The van der Waals surface area contributed by atoms with Gasteiger partial charge in [-0.25, -0.2) is 4.98 Å². The molecule has 1 unspecified atom stereocenters. The van der Waals surface area contributed by atoms with Gasteiger partial charge in [-0.05, 0) is 49.5 Å². The van der Waals surface area contributed by atoms with Crippen LogP contribution in [0.4, 0.5) is 0 Å². The number of rotatable bonds is 8. The highest BCUT2D eigenvalue weighted by Gasteiger charge is 2.31. The maximum Gasteiger partial charge on any atom is 0.247 e. The summed E-state index contributed by atoms with van der Waals surface area (Å²) in [7, 11) is 0. The number of aromatic nitrogens is 2. The monoisotopic (exact) mass is 367 g/mol. The number of hydrogen-bond donors (Lipinski definition) is 1. The Bertz CT molecular complexity index is 778. The van der Waals surface area contributed by atoms with E-state index < -0.39 is 0 Å². The molecule has 0 bridgehead atoms. The molecule has 1 aromatic carbocycles. The minimum absolute atomic E-state index is 0.0257. The van der Waals surface area contributed by atoms with Crippen LogP contribution in [0.2, 0.25) is 0 Å². The highest BCUT2D eigenvalue weighted by molar-refractivity contribution is 5.91. The van der Waals surface area contributed by atoms with Crippen LogP contribution in [0.3, 0.4) is 0 Å². The van der Waals surface area contributed by atoms with Crippen LogP contribution in [-0.4, -0.2) is 46.1 Å². The van der Waals surface area contributed by atoms with Crippen LogP contribution in [0.15, 0.2) is 42.9 Å². The molecule has 2 aliphatic rings. The van der Waals surface area contributed by atoms with Crippen LogP contribution in [-0.2, 0) is 16.1 Å². The molecule has 1 aliphatic heterocycles. The fraction of sp³-hybridized carbons (Fsp3) is 0.429. The molecule has 1 N–H and O–H groups in total. The minimum atomic E-state index is 0.0257. The first kappa shape index (κ1) is 17.8. The molecule has 1 amide bonds. The first-order chi connectivity index (χ1) is 13.3. The van der Waals surface area contributed by atoms with E-state index >= 15 is 0 Å². The molecule has 1 saturated carbocycles. The smallest absolute Gasteiger partial charge is 0.247 e. The van der Waals surface area contributed by atoms with Crippen molar-refractivity contribution >= 4 is 12.0 Å². The zero-order valence-corrected chi connectivity index (χ0v) is 15.3. The van der Waals surface area contributed by atoms with Gasteiger partial charge < -0.3 is 19.4 Å². The third kappa shape index (κ3) is 4.98. The molecule has 2 aromatic rings. The Morgan fingerprint density at radius 3 is 3.04 bits per heavy atom. The predicted octanol–water partition coefficient (Wildman–Crippen LogP) is 3.17. The second-order valence-electron chi connectivity index (χ2n) is 7.13. The van der Waals surface area contributed by atoms with Crippen molar-refractivity contribution in [2.24, 2.45) is 0 Å². The largest absolute Gasteiger partial charge is 0.491 e. The number of hydrogen-bond acceptors (Lipinski definition) is 4. The Hall–Kier alpha value is -2.60. The second-order valence-corrected chi connectivity index (χ2v) is 7.13. The van der Waals surface area contributed by atoms with Gasteiger partial charge in [0.05, 0.1) is 24.3 Å². The average molecular weight is 367 g/mol. The molecule has 4 rings (SSSR count). The van der Waals surface area contributed by atoms with Crippen LogP contribution in [0, 0.1) is 0 Å². The molecule has 2 fully saturated rings. The second kappa shape index (κ2) is 8.39. The normalized spacial score (nSPS) is 19.5. The summed E-state index contributed by atoms with van der Waals surface area (Å²) in [4.78, 5) is 21.5. The molecule has 6 heteroatoms. The first-order valence-electron chi connectivity index (χ1n) is 9.58. The highest BCUT2D eigenvalue weighted by atomic mass is 16.5. The van der Waals surface area contributed by atoms with E-state index in [1.165, 1.54) is 0 Å². The number of carbonyl (C=O) groups is 1. The van der Waals surface area contributed by atoms with Crippen LogP contribution in [0.1, 0.15) is 36.9 Å². The lowest BCUT2D eigenvalue weighted by molar-refractivity contribution is -0.127. The van der Waals surface area contributed by atoms with Gasteiger partial charge in [0.15, 0.2) is 0 Å². The number of nitrogens with one attached hydrogen (secondary N) is 1. The van der Waals surface area contributed by atoms with E-state index in [1.807, 2.05) is 29.2 Å². The average Bonchev–Trinajstić information content (AvgIpc) is 3.16. The molecule has 2 heterocycles. The highest BCUT2D eigenvalue weighted by Crippen LogP contribution is 2.29. The molecule has 27 heavy (non-hydrogen) atoms. The lowest BCUT2D eigenvalue weighted by Gasteiger charge is -2.21. The van der Waals surface area contributed by atoms with Crippen molar-refractivity contribution in [2.75, 3.05) is 13.2 Å². The quantitative estimate of drug-likeness (QED) is 0.728. The Kier molecular flexibility index (Phi) is 5.53. The predicted molar refractivity (Wildman–Crippen MR) is 102 cm³/mol. The third-order valence-corrected chi connectivity index (χ3v) is 4.91. The number of aromatic amines is 1. The molecule has 1 aromatic heterocycles. The number of carbonyl (C=O) groups excluding carboxylic acids is 1. The zero-order valence-electron chi connectivity index (χ0n) is 15.3. The molecule has 1 saturated heterocycles. The van der Waals surface area contributed by atoms with E-state index in [4.69, 9.17) is 9.47 Å². The van der Waals surface area contributed by atoms with Gasteiger partial charge >= 0.3 is 0 Å². The van der Waals surface area contributed by atoms with Crippen molar-refractivity contribution < 1.29 is 14.3 Å². The van der Waals surface area contributed by atoms with Gasteiger partial charge in [-0.3, -0.25) is 4.79 Å². The van der Waals surface area contributed by atoms with E-state index in [1.54, 1.807) is 24.7 Å². The summed E-state index contributed by atoms with van der Waals surface area (Å²) in [5.74, 6) is 0.858. The van der Waals surface area contributed by atoms with Crippen molar-refractivity contribution in [3.8, 4) is 5.75 Å². The Morgan fingerprint density at radius 1 is 1.37 bits per heavy atom. The SMILES string of the molecule is O=C(/C=C/c1cnc[nH]1)N(Cc1cccc(OCC2CCCO2)c1)C1CC1. The Labute approximate surface area is 159 Å². The number of benzene rings is 1. The maximum absolute atomic E-state index is 12.7. The van der Waals surface area contributed by atoms with Crippen LogP contribution in [0.5, 0.6) is 5.75 Å². The standard InChI is InChI=1S/C21H25N3O3/c25-21(9-6-17-12-22-15-23-17)24(18-7-8-18)13-16-3-1-4-19(11-16)27-14-20-5-2-10-26-20/h1,3-4,6,9,11-12,15,18,20H,2,5,7-8,10,13-14H2,(H,22,23)/b9-6+. The summed E-state index contributed by atoms with van der Waals surface area (Å²) >= 11 is 0. The van der Waals surface area contributed by atoms with Crippen LogP contribution < -0.4 is 4.74 Å². The number of H-pyrrole nitrogens is 1. The van der Waals surface area contributed by atoms with Crippen molar-refractivity contribution in [3.63, 3.8) is 0 Å². The lowest BCUT2D eigenvalue weighted by atomic mass is 10.2. The van der Waals surface area contributed by atoms with E-state index in [-0.39, 0.29) is 12.0 Å². The molecule has 1 atom stereocenters. The van der Waals surface area contributed by atoms with Gasteiger partial charge in [-0.1, -0.05) is 12.1 Å². The summed E-state index contributed by atoms with van der Waals surface area (Å²) in [6.07, 6.45) is 11.2. The maximum atomic E-state index is 12.7. The van der Waals surface area contributed by atoms with Gasteiger partial charge in [0, 0.05) is 25.3 Å². The minimum Gasteiger partial charge on any atom is -0.491 e. The number of ether oxygens (including phenoxy) is 2. The van der Waals surface area contributed by atoms with Gasteiger partial charge in [-0.2, -0.15) is 0 Å². The number of amides is 1.